The number of alkyl halides is 3. The highest BCUT2D eigenvalue weighted by molar-refractivity contribution is 5.92. The number of urea groups is 1. The number of carbonyl (C=O) groups is 1. The lowest BCUT2D eigenvalue weighted by Crippen LogP contribution is -2.44. The first-order valence-electron chi connectivity index (χ1n) is 13.8. The van der Waals surface area contributed by atoms with Gasteiger partial charge in [0.2, 0.25) is 0 Å². The average Bonchev–Trinajstić information content (AvgIpc) is 3.33. The number of H-pyrrole nitrogens is 1. The molecule has 1 aromatic heterocycles. The van der Waals surface area contributed by atoms with E-state index in [0.717, 1.165) is 24.8 Å². The number of carbonyl (C=O) groups excluding carboxylic acids is 1. The fourth-order valence-corrected chi connectivity index (χ4v) is 5.63. The molecule has 6 nitrogen and oxygen atoms in total. The molecule has 2 N–H and O–H groups in total. The standard InChI is InChI=1S/C32H34F3N3O3/c1-40-28-11-9-24(19-29(28)41-2)30-26(20-32(33,34)35)25-18-23(8-10-27(25)37-30)22-13-16-38(17-14-22)31(39)36-15-12-21-6-4-3-5-7-21/h3-11,18-19,22,37H,12-17,20H2,1-2H3,(H,36,39). The largest absolute Gasteiger partial charge is 0.493 e. The van der Waals surface area contributed by atoms with Crippen molar-refractivity contribution in [2.75, 3.05) is 33.9 Å². The minimum absolute atomic E-state index is 0.0764. The second-order valence-electron chi connectivity index (χ2n) is 10.4. The van der Waals surface area contributed by atoms with E-state index in [2.05, 4.69) is 10.3 Å². The number of likely N-dealkylation sites (tertiary alicyclic amines) is 1. The lowest BCUT2D eigenvalue weighted by molar-refractivity contribution is -0.126. The number of hydrogen-bond acceptors (Lipinski definition) is 3. The summed E-state index contributed by atoms with van der Waals surface area (Å²) in [6.45, 7) is 1.76. The first-order valence-corrected chi connectivity index (χ1v) is 13.8. The van der Waals surface area contributed by atoms with Gasteiger partial charge < -0.3 is 24.7 Å². The van der Waals surface area contributed by atoms with Crippen molar-refractivity contribution in [2.45, 2.75) is 37.8 Å². The van der Waals surface area contributed by atoms with E-state index in [1.807, 2.05) is 53.4 Å². The Labute approximate surface area is 237 Å². The molecular weight excluding hydrogens is 531 g/mol. The fraction of sp³-hybridized carbons (Fsp3) is 0.344. The van der Waals surface area contributed by atoms with Gasteiger partial charge in [-0.1, -0.05) is 36.4 Å². The molecule has 1 aliphatic heterocycles. The number of aromatic nitrogens is 1. The molecule has 216 valence electrons. The lowest BCUT2D eigenvalue weighted by Gasteiger charge is -2.32. The molecule has 0 radical (unpaired) electrons. The molecule has 0 aliphatic carbocycles. The maximum Gasteiger partial charge on any atom is 0.393 e. The van der Waals surface area contributed by atoms with Gasteiger partial charge in [-0.15, -0.1) is 0 Å². The Bertz CT molecular complexity index is 1490. The maximum atomic E-state index is 13.8. The number of ether oxygens (including phenoxy) is 2. The smallest absolute Gasteiger partial charge is 0.393 e. The van der Waals surface area contributed by atoms with Gasteiger partial charge >= 0.3 is 12.2 Å². The Morgan fingerprint density at radius 2 is 1.71 bits per heavy atom. The molecule has 0 spiro atoms. The second-order valence-corrected chi connectivity index (χ2v) is 10.4. The van der Waals surface area contributed by atoms with Crippen LogP contribution < -0.4 is 14.8 Å². The van der Waals surface area contributed by atoms with Crippen LogP contribution in [0.1, 0.15) is 35.4 Å². The monoisotopic (exact) mass is 565 g/mol. The van der Waals surface area contributed by atoms with Crippen LogP contribution in [0.5, 0.6) is 11.5 Å². The number of methoxy groups -OCH3 is 2. The van der Waals surface area contributed by atoms with Crippen LogP contribution >= 0.6 is 0 Å². The number of nitrogens with zero attached hydrogens (tertiary/aromatic N) is 1. The van der Waals surface area contributed by atoms with Crippen molar-refractivity contribution in [3.63, 3.8) is 0 Å². The molecule has 1 fully saturated rings. The number of benzene rings is 3. The van der Waals surface area contributed by atoms with Crippen LogP contribution in [0.3, 0.4) is 0 Å². The van der Waals surface area contributed by atoms with Crippen molar-refractivity contribution in [3.05, 3.63) is 83.4 Å². The molecule has 41 heavy (non-hydrogen) atoms. The van der Waals surface area contributed by atoms with Gasteiger partial charge in [-0.2, -0.15) is 13.2 Å². The molecule has 4 aromatic rings. The summed E-state index contributed by atoms with van der Waals surface area (Å²) in [5, 5.41) is 3.56. The molecule has 0 atom stereocenters. The third-order valence-corrected chi connectivity index (χ3v) is 7.77. The minimum atomic E-state index is -4.38. The van der Waals surface area contributed by atoms with E-state index in [4.69, 9.17) is 9.47 Å². The summed E-state index contributed by atoms with van der Waals surface area (Å²) >= 11 is 0. The number of piperidine rings is 1. The Morgan fingerprint density at radius 3 is 2.39 bits per heavy atom. The van der Waals surface area contributed by atoms with Crippen molar-refractivity contribution in [2.24, 2.45) is 0 Å². The molecule has 1 saturated heterocycles. The Balaban J connectivity index is 1.32. The van der Waals surface area contributed by atoms with E-state index in [-0.39, 0.29) is 17.5 Å². The van der Waals surface area contributed by atoms with Crippen LogP contribution in [0.4, 0.5) is 18.0 Å². The molecule has 9 heteroatoms. The minimum Gasteiger partial charge on any atom is -0.493 e. The van der Waals surface area contributed by atoms with Gasteiger partial charge in [-0.25, -0.2) is 4.79 Å². The molecular formula is C32H34F3N3O3. The van der Waals surface area contributed by atoms with Crippen molar-refractivity contribution in [3.8, 4) is 22.8 Å². The van der Waals surface area contributed by atoms with Gasteiger partial charge in [0.25, 0.3) is 0 Å². The van der Waals surface area contributed by atoms with Crippen LogP contribution in [0.25, 0.3) is 22.2 Å². The van der Waals surface area contributed by atoms with Crippen molar-refractivity contribution < 1.29 is 27.4 Å². The van der Waals surface area contributed by atoms with Gasteiger partial charge in [-0.3, -0.25) is 0 Å². The van der Waals surface area contributed by atoms with Gasteiger partial charge in [0, 0.05) is 36.1 Å². The first kappa shape index (κ1) is 28.4. The lowest BCUT2D eigenvalue weighted by atomic mass is 9.88. The normalized spacial score (nSPS) is 14.3. The highest BCUT2D eigenvalue weighted by atomic mass is 19.4. The summed E-state index contributed by atoms with van der Waals surface area (Å²) in [7, 11) is 3.01. The summed E-state index contributed by atoms with van der Waals surface area (Å²) in [4.78, 5) is 17.7. The Kier molecular flexibility index (Phi) is 8.42. The maximum absolute atomic E-state index is 13.8. The number of nitrogens with one attached hydrogen (secondary N) is 2. The van der Waals surface area contributed by atoms with Crippen LogP contribution in [-0.2, 0) is 12.8 Å². The number of amides is 2. The van der Waals surface area contributed by atoms with Gasteiger partial charge in [0.1, 0.15) is 0 Å². The van der Waals surface area contributed by atoms with Crippen molar-refractivity contribution in [1.29, 1.82) is 0 Å². The van der Waals surface area contributed by atoms with Crippen LogP contribution in [-0.4, -0.2) is 55.9 Å². The van der Waals surface area contributed by atoms with Crippen LogP contribution in [0, 0.1) is 0 Å². The number of aromatic amines is 1. The van der Waals surface area contributed by atoms with E-state index in [0.29, 0.717) is 53.3 Å². The Hall–Kier alpha value is -4.14. The summed E-state index contributed by atoms with van der Waals surface area (Å²) in [6, 6.07) is 20.8. The first-order chi connectivity index (χ1) is 19.8. The highest BCUT2D eigenvalue weighted by Gasteiger charge is 2.32. The summed E-state index contributed by atoms with van der Waals surface area (Å²) < 4.78 is 52.0. The summed E-state index contributed by atoms with van der Waals surface area (Å²) in [5.41, 5.74) is 4.02. The number of rotatable bonds is 8. The predicted molar refractivity (Wildman–Crippen MR) is 154 cm³/mol. The summed E-state index contributed by atoms with van der Waals surface area (Å²) in [6.07, 6.45) is -3.17. The quantitative estimate of drug-likeness (QED) is 0.240. The molecule has 0 saturated carbocycles. The number of hydrogen-bond donors (Lipinski definition) is 2. The fourth-order valence-electron chi connectivity index (χ4n) is 5.63. The van der Waals surface area contributed by atoms with E-state index in [1.165, 1.54) is 19.8 Å². The van der Waals surface area contributed by atoms with Gasteiger partial charge in [0.05, 0.1) is 26.3 Å². The molecule has 2 amide bonds. The summed E-state index contributed by atoms with van der Waals surface area (Å²) in [5.74, 6) is 1.10. The van der Waals surface area contributed by atoms with E-state index in [9.17, 15) is 18.0 Å². The molecule has 2 heterocycles. The van der Waals surface area contributed by atoms with Crippen molar-refractivity contribution in [1.82, 2.24) is 15.2 Å². The average molecular weight is 566 g/mol. The number of halogens is 3. The van der Waals surface area contributed by atoms with E-state index in [1.54, 1.807) is 18.2 Å². The highest BCUT2D eigenvalue weighted by Crippen LogP contribution is 2.40. The van der Waals surface area contributed by atoms with Gasteiger partial charge in [0.15, 0.2) is 11.5 Å². The molecule has 0 unspecified atom stereocenters. The number of fused-ring (bicyclic) bond motifs is 1. The third-order valence-electron chi connectivity index (χ3n) is 7.77. The third kappa shape index (κ3) is 6.61. The SMILES string of the molecule is COc1ccc(-c2[nH]c3ccc(C4CCN(C(=O)NCCc5ccccc5)CC4)cc3c2CC(F)(F)F)cc1OC. The van der Waals surface area contributed by atoms with Gasteiger partial charge in [-0.05, 0) is 72.2 Å². The second kappa shape index (κ2) is 12.2. The zero-order valence-electron chi connectivity index (χ0n) is 23.2. The topological polar surface area (TPSA) is 66.6 Å². The van der Waals surface area contributed by atoms with Crippen LogP contribution in [0.15, 0.2) is 66.7 Å². The van der Waals surface area contributed by atoms with E-state index < -0.39 is 12.6 Å². The molecule has 3 aromatic carbocycles. The Morgan fingerprint density at radius 1 is 0.976 bits per heavy atom. The van der Waals surface area contributed by atoms with Crippen LogP contribution in [0.2, 0.25) is 0 Å². The van der Waals surface area contributed by atoms with E-state index >= 15 is 0 Å². The van der Waals surface area contributed by atoms with Crippen molar-refractivity contribution >= 4 is 16.9 Å². The molecule has 0 bridgehead atoms. The predicted octanol–water partition coefficient (Wildman–Crippen LogP) is 7.09. The molecule has 1 aliphatic rings. The zero-order valence-corrected chi connectivity index (χ0v) is 23.2. The zero-order chi connectivity index (χ0) is 29.0. The molecule has 5 rings (SSSR count).